The van der Waals surface area contributed by atoms with Gasteiger partial charge in [0.05, 0.1) is 10.0 Å². The number of amides is 1. The Bertz CT molecular complexity index is 1150. The average Bonchev–Trinajstić information content (AvgIpc) is 3.02. The van der Waals surface area contributed by atoms with Gasteiger partial charge >= 0.3 is 0 Å². The van der Waals surface area contributed by atoms with Crippen molar-refractivity contribution in [3.05, 3.63) is 40.2 Å². The van der Waals surface area contributed by atoms with E-state index in [-0.39, 0.29) is 20.1 Å². The maximum Gasteiger partial charge on any atom is 0.286 e. The van der Waals surface area contributed by atoms with E-state index in [1.54, 1.807) is 29.2 Å². The number of nitrogens with one attached hydrogen (secondary N) is 1. The molecule has 0 fully saturated rings. The van der Waals surface area contributed by atoms with Gasteiger partial charge in [-0.3, -0.25) is 9.59 Å². The van der Waals surface area contributed by atoms with Crippen molar-refractivity contribution in [1.29, 1.82) is 0 Å². The summed E-state index contributed by atoms with van der Waals surface area (Å²) in [4.78, 5) is 28.0. The molecule has 2 aliphatic rings. The number of hydrogen-bond donors (Lipinski definition) is 1. The van der Waals surface area contributed by atoms with E-state index in [0.29, 0.717) is 23.7 Å². The van der Waals surface area contributed by atoms with Crippen LogP contribution in [-0.4, -0.2) is 32.5 Å². The molecular weight excluding hydrogens is 434 g/mol. The first kappa shape index (κ1) is 20.1. The fourth-order valence-corrected chi connectivity index (χ4v) is 6.05. The van der Waals surface area contributed by atoms with Gasteiger partial charge in [0, 0.05) is 12.1 Å². The van der Waals surface area contributed by atoms with E-state index in [2.05, 4.69) is 9.71 Å². The highest BCUT2D eigenvalue weighted by Gasteiger charge is 2.45. The van der Waals surface area contributed by atoms with Crippen molar-refractivity contribution in [3.63, 3.8) is 0 Å². The number of carbonyl (C=O) groups is 2. The molecule has 0 aliphatic carbocycles. The second-order valence-corrected chi connectivity index (χ2v) is 10.6. The van der Waals surface area contributed by atoms with Crippen LogP contribution in [0.3, 0.4) is 0 Å². The Morgan fingerprint density at radius 3 is 2.72 bits per heavy atom. The molecular formula is C19H18ClN3O4S2. The van der Waals surface area contributed by atoms with Crippen LogP contribution in [0.5, 0.6) is 0 Å². The number of Topliss-reactive ketones (excluding diaryl/α,β-unsaturated/α-hetero) is 1. The molecule has 1 amide bonds. The summed E-state index contributed by atoms with van der Waals surface area (Å²) >= 11 is 6.97. The zero-order valence-corrected chi connectivity index (χ0v) is 18.1. The van der Waals surface area contributed by atoms with Crippen molar-refractivity contribution in [3.8, 4) is 0 Å². The highest BCUT2D eigenvalue weighted by atomic mass is 35.5. The second-order valence-electron chi connectivity index (χ2n) is 7.31. The zero-order chi connectivity index (χ0) is 20.9. The fourth-order valence-electron chi connectivity index (χ4n) is 3.39. The number of hydrogen-bond acceptors (Lipinski definition) is 6. The maximum atomic E-state index is 13.3. The molecule has 0 radical (unpaired) electrons. The van der Waals surface area contributed by atoms with Gasteiger partial charge in [0.2, 0.25) is 5.91 Å². The molecule has 0 bridgehead atoms. The Hall–Kier alpha value is -2.23. The van der Waals surface area contributed by atoms with Gasteiger partial charge in [-0.15, -0.1) is 15.7 Å². The van der Waals surface area contributed by atoms with Crippen LogP contribution in [0.1, 0.15) is 30.6 Å². The minimum atomic E-state index is -4.06. The summed E-state index contributed by atoms with van der Waals surface area (Å²) in [7, 11) is -4.06. The summed E-state index contributed by atoms with van der Waals surface area (Å²) in [6.45, 7) is 4.52. The highest BCUT2D eigenvalue weighted by molar-refractivity contribution is 7.90. The molecule has 2 aromatic rings. The van der Waals surface area contributed by atoms with Crippen molar-refractivity contribution in [1.82, 2.24) is 0 Å². The molecule has 29 heavy (non-hydrogen) atoms. The molecule has 1 aromatic carbocycles. The van der Waals surface area contributed by atoms with Gasteiger partial charge in [0.25, 0.3) is 10.0 Å². The van der Waals surface area contributed by atoms with Gasteiger partial charge in [0.15, 0.2) is 11.7 Å². The van der Waals surface area contributed by atoms with Crippen LogP contribution in [0.2, 0.25) is 4.34 Å². The van der Waals surface area contributed by atoms with E-state index in [4.69, 9.17) is 11.6 Å². The lowest BCUT2D eigenvalue weighted by Crippen LogP contribution is -2.50. The molecule has 1 aromatic heterocycles. The Labute approximate surface area is 177 Å². The summed E-state index contributed by atoms with van der Waals surface area (Å²) in [5, 5.41) is 3.11. The molecule has 1 atom stereocenters. The van der Waals surface area contributed by atoms with E-state index < -0.39 is 27.6 Å². The van der Waals surface area contributed by atoms with Gasteiger partial charge in [-0.2, -0.15) is 8.42 Å². The van der Waals surface area contributed by atoms with Crippen molar-refractivity contribution >= 4 is 61.2 Å². The van der Waals surface area contributed by atoms with Gasteiger partial charge in [-0.05, 0) is 30.5 Å². The molecule has 152 valence electrons. The van der Waals surface area contributed by atoms with E-state index in [9.17, 15) is 18.0 Å². The molecule has 7 nitrogen and oxygen atoms in total. The molecule has 4 rings (SSSR count). The van der Waals surface area contributed by atoms with Crippen molar-refractivity contribution in [2.24, 2.45) is 16.2 Å². The van der Waals surface area contributed by atoms with Crippen LogP contribution in [0.15, 0.2) is 39.6 Å². The Balaban J connectivity index is 1.79. The number of carbonyl (C=O) groups excluding carboxylic acids is 2. The fraction of sp³-hybridized carbons (Fsp3) is 0.316. The molecule has 1 N–H and O–H groups in total. The lowest BCUT2D eigenvalue weighted by molar-refractivity contribution is -0.119. The summed E-state index contributed by atoms with van der Waals surface area (Å²) in [5.74, 6) is -2.14. The van der Waals surface area contributed by atoms with Crippen LogP contribution in [0.4, 0.5) is 10.7 Å². The Morgan fingerprint density at radius 1 is 1.28 bits per heavy atom. The number of para-hydroxylation sites is 1. The van der Waals surface area contributed by atoms with Crippen LogP contribution in [0, 0.1) is 11.8 Å². The smallest absolute Gasteiger partial charge is 0.286 e. The first-order chi connectivity index (χ1) is 13.7. The number of amidine groups is 1. The lowest BCUT2D eigenvalue weighted by Gasteiger charge is -2.34. The molecule has 1 unspecified atom stereocenters. The Morgan fingerprint density at radius 2 is 2.00 bits per heavy atom. The second kappa shape index (κ2) is 7.23. The van der Waals surface area contributed by atoms with Gasteiger partial charge < -0.3 is 10.2 Å². The molecule has 0 saturated heterocycles. The summed E-state index contributed by atoms with van der Waals surface area (Å²) in [5.41, 5.74) is 0.913. The standard InChI is InChI=1S/C19H18ClN3O4S2/c1-10(2)7-8-23-12-6-4-3-5-11(12)16(24)15(19(23)25)17-21-18-13(9-14(20)28-18)29(26,27)22-17/h3-6,9-10,15H,7-8H2,1-2H3,(H,21,22). The quantitative estimate of drug-likeness (QED) is 0.713. The normalized spacial score (nSPS) is 20.2. The maximum absolute atomic E-state index is 13.3. The van der Waals surface area contributed by atoms with E-state index in [0.717, 1.165) is 17.8 Å². The number of rotatable bonds is 4. The SMILES string of the molecule is CC(C)CCN1C(=O)C(C2=NS(=O)(=O)c3cc(Cl)sc3N2)C(=O)c2ccccc21. The number of anilines is 2. The van der Waals surface area contributed by atoms with Crippen LogP contribution >= 0.6 is 22.9 Å². The summed E-state index contributed by atoms with van der Waals surface area (Å²) in [6.07, 6.45) is 0.740. The predicted molar refractivity (Wildman–Crippen MR) is 114 cm³/mol. The molecule has 0 spiro atoms. The van der Waals surface area contributed by atoms with Gasteiger partial charge in [0.1, 0.15) is 15.7 Å². The largest absolute Gasteiger partial charge is 0.333 e. The third-order valence-corrected chi connectivity index (χ3v) is 7.47. The molecule has 10 heteroatoms. The number of nitrogens with zero attached hydrogens (tertiary/aromatic N) is 2. The van der Waals surface area contributed by atoms with Gasteiger partial charge in [-0.1, -0.05) is 37.6 Å². The monoisotopic (exact) mass is 451 g/mol. The number of sulfonamides is 1. The zero-order valence-electron chi connectivity index (χ0n) is 15.7. The number of benzene rings is 1. The van der Waals surface area contributed by atoms with Crippen molar-refractivity contribution in [2.45, 2.75) is 25.2 Å². The third-order valence-electron chi connectivity index (χ3n) is 4.84. The van der Waals surface area contributed by atoms with Crippen molar-refractivity contribution < 1.29 is 18.0 Å². The molecule has 2 aliphatic heterocycles. The van der Waals surface area contributed by atoms with Crippen LogP contribution in [0.25, 0.3) is 0 Å². The summed E-state index contributed by atoms with van der Waals surface area (Å²) < 4.78 is 29.2. The highest BCUT2D eigenvalue weighted by Crippen LogP contribution is 2.40. The van der Waals surface area contributed by atoms with Crippen LogP contribution in [-0.2, 0) is 14.8 Å². The lowest BCUT2D eigenvalue weighted by atomic mass is 9.88. The van der Waals surface area contributed by atoms with Crippen molar-refractivity contribution in [2.75, 3.05) is 16.8 Å². The van der Waals surface area contributed by atoms with E-state index >= 15 is 0 Å². The number of halogens is 1. The first-order valence-electron chi connectivity index (χ1n) is 9.05. The molecule has 3 heterocycles. The minimum absolute atomic E-state index is 0.0518. The average molecular weight is 452 g/mol. The topological polar surface area (TPSA) is 95.9 Å². The number of fused-ring (bicyclic) bond motifs is 2. The Kier molecular flexibility index (Phi) is 5.00. The molecule has 0 saturated carbocycles. The van der Waals surface area contributed by atoms with E-state index in [1.807, 2.05) is 13.8 Å². The number of thiophene rings is 1. The third kappa shape index (κ3) is 3.47. The van der Waals surface area contributed by atoms with Crippen LogP contribution < -0.4 is 10.2 Å². The summed E-state index contributed by atoms with van der Waals surface area (Å²) in [6, 6.07) is 8.16. The first-order valence-corrected chi connectivity index (χ1v) is 11.7. The van der Waals surface area contributed by atoms with E-state index in [1.165, 1.54) is 6.07 Å². The number of ketones is 1. The predicted octanol–water partition coefficient (Wildman–Crippen LogP) is 3.81. The van der Waals surface area contributed by atoms with Gasteiger partial charge in [-0.25, -0.2) is 0 Å². The minimum Gasteiger partial charge on any atom is -0.333 e.